The Kier molecular flexibility index (Phi) is 4.22. The Morgan fingerprint density at radius 1 is 1.18 bits per heavy atom. The van der Waals surface area contributed by atoms with Crippen LogP contribution in [0, 0.1) is 5.92 Å². The molecular weight excluding hydrogens is 206 g/mol. The monoisotopic (exact) mass is 231 g/mol. The van der Waals surface area contributed by atoms with Crippen LogP contribution in [-0.2, 0) is 19.3 Å². The van der Waals surface area contributed by atoms with E-state index in [1.807, 2.05) is 0 Å². The van der Waals surface area contributed by atoms with Gasteiger partial charge in [-0.15, -0.1) is 0 Å². The van der Waals surface area contributed by atoms with Gasteiger partial charge in [-0.25, -0.2) is 0 Å². The molecule has 17 heavy (non-hydrogen) atoms. The van der Waals surface area contributed by atoms with Crippen molar-refractivity contribution in [2.24, 2.45) is 5.92 Å². The molecule has 0 aliphatic heterocycles. The molecule has 0 spiro atoms. The van der Waals surface area contributed by atoms with Gasteiger partial charge in [-0.3, -0.25) is 0 Å². The first-order valence-electron chi connectivity index (χ1n) is 7.04. The van der Waals surface area contributed by atoms with Gasteiger partial charge in [0.15, 0.2) is 0 Å². The predicted octanol–water partition coefficient (Wildman–Crippen LogP) is 3.35. The Balaban J connectivity index is 1.99. The number of benzene rings is 1. The van der Waals surface area contributed by atoms with Gasteiger partial charge >= 0.3 is 0 Å². The molecule has 0 saturated heterocycles. The third-order valence-electron chi connectivity index (χ3n) is 4.10. The minimum absolute atomic E-state index is 0.605. The van der Waals surface area contributed by atoms with Gasteiger partial charge in [0.05, 0.1) is 0 Å². The zero-order valence-electron chi connectivity index (χ0n) is 11.4. The Hall–Kier alpha value is -0.820. The number of hydrogen-bond acceptors (Lipinski definition) is 1. The van der Waals surface area contributed by atoms with Crippen LogP contribution in [0.3, 0.4) is 0 Å². The number of fused-ring (bicyclic) bond motifs is 1. The highest BCUT2D eigenvalue weighted by molar-refractivity contribution is 5.35. The van der Waals surface area contributed by atoms with E-state index in [1.165, 1.54) is 31.2 Å². The Labute approximate surface area is 106 Å². The number of nitrogens with one attached hydrogen (secondary N) is 1. The van der Waals surface area contributed by atoms with Crippen LogP contribution in [0.1, 0.15) is 43.9 Å². The first-order valence-corrected chi connectivity index (χ1v) is 7.04. The molecule has 1 aliphatic rings. The topological polar surface area (TPSA) is 12.0 Å². The lowest BCUT2D eigenvalue weighted by atomic mass is 9.93. The van der Waals surface area contributed by atoms with Crippen molar-refractivity contribution in [1.29, 1.82) is 0 Å². The van der Waals surface area contributed by atoms with Crippen LogP contribution in [0.4, 0.5) is 0 Å². The average molecular weight is 231 g/mol. The van der Waals surface area contributed by atoms with Crippen LogP contribution in [0.5, 0.6) is 0 Å². The molecule has 0 bridgehead atoms. The lowest BCUT2D eigenvalue weighted by Gasteiger charge is -2.21. The molecule has 0 heterocycles. The number of aryl methyl sites for hydroxylation is 2. The Morgan fingerprint density at radius 3 is 2.71 bits per heavy atom. The first-order chi connectivity index (χ1) is 8.20. The van der Waals surface area contributed by atoms with Crippen LogP contribution < -0.4 is 5.32 Å². The van der Waals surface area contributed by atoms with Gasteiger partial charge in [0.1, 0.15) is 0 Å². The summed E-state index contributed by atoms with van der Waals surface area (Å²) in [5, 5.41) is 3.52. The summed E-state index contributed by atoms with van der Waals surface area (Å²) in [6.45, 7) is 7.89. The third kappa shape index (κ3) is 3.10. The minimum atomic E-state index is 0.605. The SMILES string of the molecule is CCNC(C)C(C)Cc1ccc2c(c1)CCC2. The predicted molar refractivity (Wildman–Crippen MR) is 74.5 cm³/mol. The summed E-state index contributed by atoms with van der Waals surface area (Å²) in [6, 6.07) is 7.73. The van der Waals surface area contributed by atoms with E-state index in [0.717, 1.165) is 6.54 Å². The van der Waals surface area contributed by atoms with Crippen molar-refractivity contribution in [2.45, 2.75) is 52.5 Å². The van der Waals surface area contributed by atoms with Crippen molar-refractivity contribution >= 4 is 0 Å². The molecular formula is C16H25N. The van der Waals surface area contributed by atoms with E-state index in [-0.39, 0.29) is 0 Å². The van der Waals surface area contributed by atoms with Crippen LogP contribution in [0.25, 0.3) is 0 Å². The van der Waals surface area contributed by atoms with Gasteiger partial charge in [0.2, 0.25) is 0 Å². The standard InChI is InChI=1S/C16H25N/c1-4-17-13(3)12(2)10-14-8-9-15-6-5-7-16(15)11-14/h8-9,11-13,17H,4-7,10H2,1-3H3. The van der Waals surface area contributed by atoms with E-state index >= 15 is 0 Å². The van der Waals surface area contributed by atoms with E-state index in [9.17, 15) is 0 Å². The van der Waals surface area contributed by atoms with Gasteiger partial charge < -0.3 is 5.32 Å². The van der Waals surface area contributed by atoms with Crippen LogP contribution in [-0.4, -0.2) is 12.6 Å². The van der Waals surface area contributed by atoms with E-state index in [1.54, 1.807) is 11.1 Å². The highest BCUT2D eigenvalue weighted by Crippen LogP contribution is 2.24. The summed E-state index contributed by atoms with van der Waals surface area (Å²) in [7, 11) is 0. The summed E-state index contributed by atoms with van der Waals surface area (Å²) in [5.74, 6) is 0.703. The van der Waals surface area contributed by atoms with E-state index in [4.69, 9.17) is 0 Å². The van der Waals surface area contributed by atoms with Crippen molar-refractivity contribution < 1.29 is 0 Å². The molecule has 0 aromatic heterocycles. The molecule has 1 aromatic rings. The second-order valence-corrected chi connectivity index (χ2v) is 5.48. The highest BCUT2D eigenvalue weighted by Gasteiger charge is 2.14. The van der Waals surface area contributed by atoms with Crippen molar-refractivity contribution in [2.75, 3.05) is 6.54 Å². The number of hydrogen-bond donors (Lipinski definition) is 1. The van der Waals surface area contributed by atoms with E-state index in [0.29, 0.717) is 12.0 Å². The molecule has 94 valence electrons. The zero-order chi connectivity index (χ0) is 12.3. The maximum absolute atomic E-state index is 3.52. The second-order valence-electron chi connectivity index (χ2n) is 5.48. The fourth-order valence-corrected chi connectivity index (χ4v) is 2.82. The average Bonchev–Trinajstić information content (AvgIpc) is 2.76. The molecule has 1 aromatic carbocycles. The van der Waals surface area contributed by atoms with Crippen molar-refractivity contribution in [1.82, 2.24) is 5.32 Å². The van der Waals surface area contributed by atoms with Crippen LogP contribution >= 0.6 is 0 Å². The lowest BCUT2D eigenvalue weighted by Crippen LogP contribution is -2.32. The largest absolute Gasteiger partial charge is 0.314 e. The van der Waals surface area contributed by atoms with Gasteiger partial charge in [-0.1, -0.05) is 32.0 Å². The highest BCUT2D eigenvalue weighted by atomic mass is 14.9. The number of rotatable bonds is 5. The maximum atomic E-state index is 3.52. The molecule has 1 aliphatic carbocycles. The smallest absolute Gasteiger partial charge is 0.00674 e. The maximum Gasteiger partial charge on any atom is 0.00674 e. The Morgan fingerprint density at radius 2 is 1.94 bits per heavy atom. The summed E-state index contributed by atoms with van der Waals surface area (Å²) < 4.78 is 0. The zero-order valence-corrected chi connectivity index (χ0v) is 11.4. The fourth-order valence-electron chi connectivity index (χ4n) is 2.82. The van der Waals surface area contributed by atoms with E-state index < -0.39 is 0 Å². The quantitative estimate of drug-likeness (QED) is 0.819. The van der Waals surface area contributed by atoms with Crippen molar-refractivity contribution in [3.63, 3.8) is 0 Å². The molecule has 2 rings (SSSR count). The van der Waals surface area contributed by atoms with Crippen molar-refractivity contribution in [3.05, 3.63) is 34.9 Å². The molecule has 0 radical (unpaired) electrons. The van der Waals surface area contributed by atoms with Crippen molar-refractivity contribution in [3.8, 4) is 0 Å². The minimum Gasteiger partial charge on any atom is -0.314 e. The second kappa shape index (κ2) is 5.68. The van der Waals surface area contributed by atoms with Gasteiger partial charge in [0, 0.05) is 6.04 Å². The summed E-state index contributed by atoms with van der Waals surface area (Å²) in [5.41, 5.74) is 4.70. The van der Waals surface area contributed by atoms with Gasteiger partial charge in [0.25, 0.3) is 0 Å². The fraction of sp³-hybridized carbons (Fsp3) is 0.625. The molecule has 1 heteroatoms. The molecule has 1 N–H and O–H groups in total. The summed E-state index contributed by atoms with van der Waals surface area (Å²) in [4.78, 5) is 0. The van der Waals surface area contributed by atoms with Crippen LogP contribution in [0.15, 0.2) is 18.2 Å². The van der Waals surface area contributed by atoms with Crippen LogP contribution in [0.2, 0.25) is 0 Å². The third-order valence-corrected chi connectivity index (χ3v) is 4.10. The molecule has 2 unspecified atom stereocenters. The van der Waals surface area contributed by atoms with E-state index in [2.05, 4.69) is 44.3 Å². The molecule has 1 nitrogen and oxygen atoms in total. The molecule has 2 atom stereocenters. The first kappa shape index (κ1) is 12.6. The van der Waals surface area contributed by atoms with Gasteiger partial charge in [-0.2, -0.15) is 0 Å². The summed E-state index contributed by atoms with van der Waals surface area (Å²) >= 11 is 0. The molecule has 0 saturated carbocycles. The van der Waals surface area contributed by atoms with Gasteiger partial charge in [-0.05, 0) is 61.8 Å². The molecule has 0 fully saturated rings. The lowest BCUT2D eigenvalue weighted by molar-refractivity contribution is 0.406. The normalized spacial score (nSPS) is 17.8. The Bertz CT molecular complexity index is 370. The summed E-state index contributed by atoms with van der Waals surface area (Å²) in [6.07, 6.45) is 5.13. The molecule has 0 amide bonds.